The van der Waals surface area contributed by atoms with Crippen LogP contribution in [-0.2, 0) is 4.74 Å². The van der Waals surface area contributed by atoms with E-state index in [-0.39, 0.29) is 12.1 Å². The van der Waals surface area contributed by atoms with Gasteiger partial charge in [0, 0.05) is 16.4 Å². The highest BCUT2D eigenvalue weighted by molar-refractivity contribution is 7.99. The molecule has 13 heavy (non-hydrogen) atoms. The Bertz CT molecular complexity index is 244. The molecule has 0 spiro atoms. The zero-order chi connectivity index (χ0) is 9.10. The van der Waals surface area contributed by atoms with Gasteiger partial charge in [0.15, 0.2) is 0 Å². The van der Waals surface area contributed by atoms with Gasteiger partial charge in [0.2, 0.25) is 0 Å². The van der Waals surface area contributed by atoms with Gasteiger partial charge in [-0.05, 0) is 11.4 Å². The Balaban J connectivity index is 1.99. The Morgan fingerprint density at radius 3 is 3.15 bits per heavy atom. The summed E-state index contributed by atoms with van der Waals surface area (Å²) in [5.74, 6) is 2.13. The molecular formula is C9H13NOS2. The SMILES string of the molecule is NC(c1cccs1)C1CSCCO1. The molecule has 1 aliphatic rings. The summed E-state index contributed by atoms with van der Waals surface area (Å²) in [4.78, 5) is 1.23. The zero-order valence-electron chi connectivity index (χ0n) is 7.31. The third-order valence-electron chi connectivity index (χ3n) is 2.11. The van der Waals surface area contributed by atoms with E-state index in [2.05, 4.69) is 11.4 Å². The number of ether oxygens (including phenoxy) is 1. The van der Waals surface area contributed by atoms with Gasteiger partial charge in [-0.3, -0.25) is 0 Å². The van der Waals surface area contributed by atoms with Crippen molar-refractivity contribution < 1.29 is 4.74 Å². The van der Waals surface area contributed by atoms with Crippen molar-refractivity contribution in [3.05, 3.63) is 22.4 Å². The maximum Gasteiger partial charge on any atom is 0.0866 e. The largest absolute Gasteiger partial charge is 0.374 e. The molecule has 1 aromatic rings. The second kappa shape index (κ2) is 4.46. The molecule has 2 N–H and O–H groups in total. The van der Waals surface area contributed by atoms with Gasteiger partial charge in [0.1, 0.15) is 0 Å². The minimum Gasteiger partial charge on any atom is -0.374 e. The van der Waals surface area contributed by atoms with E-state index in [1.54, 1.807) is 11.3 Å². The summed E-state index contributed by atoms with van der Waals surface area (Å²) in [5.41, 5.74) is 6.09. The number of nitrogens with two attached hydrogens (primary N) is 1. The Kier molecular flexibility index (Phi) is 3.27. The predicted molar refractivity (Wildman–Crippen MR) is 58.3 cm³/mol. The molecule has 0 bridgehead atoms. The monoisotopic (exact) mass is 215 g/mol. The lowest BCUT2D eigenvalue weighted by Gasteiger charge is -2.26. The van der Waals surface area contributed by atoms with E-state index in [0.717, 1.165) is 18.1 Å². The highest BCUT2D eigenvalue weighted by Gasteiger charge is 2.23. The van der Waals surface area contributed by atoms with Crippen LogP contribution in [0.4, 0.5) is 0 Å². The van der Waals surface area contributed by atoms with Gasteiger partial charge in [-0.15, -0.1) is 11.3 Å². The lowest BCUT2D eigenvalue weighted by Crippen LogP contribution is -2.34. The number of hydrogen-bond donors (Lipinski definition) is 1. The lowest BCUT2D eigenvalue weighted by atomic mass is 10.1. The van der Waals surface area contributed by atoms with Crippen molar-refractivity contribution in [1.82, 2.24) is 0 Å². The average molecular weight is 215 g/mol. The fourth-order valence-corrected chi connectivity index (χ4v) is 3.07. The van der Waals surface area contributed by atoms with Crippen LogP contribution in [0.2, 0.25) is 0 Å². The maximum absolute atomic E-state index is 6.09. The van der Waals surface area contributed by atoms with Gasteiger partial charge in [0.25, 0.3) is 0 Å². The van der Waals surface area contributed by atoms with Crippen molar-refractivity contribution in [2.45, 2.75) is 12.1 Å². The first-order chi connectivity index (χ1) is 6.38. The molecule has 2 unspecified atom stereocenters. The van der Waals surface area contributed by atoms with Crippen molar-refractivity contribution >= 4 is 23.1 Å². The van der Waals surface area contributed by atoms with Crippen LogP contribution in [0.5, 0.6) is 0 Å². The molecule has 0 amide bonds. The Morgan fingerprint density at radius 2 is 2.54 bits per heavy atom. The molecule has 0 aromatic carbocycles. The smallest absolute Gasteiger partial charge is 0.0866 e. The van der Waals surface area contributed by atoms with E-state index in [1.165, 1.54) is 4.88 Å². The third-order valence-corrected chi connectivity index (χ3v) is 4.11. The third kappa shape index (κ3) is 2.26. The minimum atomic E-state index is 0.0628. The number of hydrogen-bond acceptors (Lipinski definition) is 4. The number of thioether (sulfide) groups is 1. The zero-order valence-corrected chi connectivity index (χ0v) is 8.94. The molecule has 1 aliphatic heterocycles. The van der Waals surface area contributed by atoms with Crippen molar-refractivity contribution in [2.24, 2.45) is 5.73 Å². The van der Waals surface area contributed by atoms with Crippen LogP contribution in [0.25, 0.3) is 0 Å². The topological polar surface area (TPSA) is 35.2 Å². The summed E-state index contributed by atoms with van der Waals surface area (Å²) in [6.07, 6.45) is 0.206. The molecule has 2 rings (SSSR count). The highest BCUT2D eigenvalue weighted by Crippen LogP contribution is 2.26. The Hall–Kier alpha value is -0.0300. The summed E-state index contributed by atoms with van der Waals surface area (Å²) in [6, 6.07) is 4.18. The molecular weight excluding hydrogens is 202 g/mol. The van der Waals surface area contributed by atoms with E-state index in [9.17, 15) is 0 Å². The normalized spacial score (nSPS) is 25.8. The molecule has 0 saturated carbocycles. The second-order valence-electron chi connectivity index (χ2n) is 3.03. The maximum atomic E-state index is 6.09. The molecule has 4 heteroatoms. The van der Waals surface area contributed by atoms with Crippen LogP contribution < -0.4 is 5.73 Å². The Labute approximate surface area is 86.5 Å². The van der Waals surface area contributed by atoms with Crippen molar-refractivity contribution in [3.63, 3.8) is 0 Å². The quantitative estimate of drug-likeness (QED) is 0.818. The van der Waals surface area contributed by atoms with Gasteiger partial charge < -0.3 is 10.5 Å². The molecule has 1 saturated heterocycles. The van der Waals surface area contributed by atoms with Crippen LogP contribution in [0.1, 0.15) is 10.9 Å². The van der Waals surface area contributed by atoms with Crippen LogP contribution in [0.15, 0.2) is 17.5 Å². The van der Waals surface area contributed by atoms with Gasteiger partial charge in [-0.1, -0.05) is 6.07 Å². The summed E-state index contributed by atoms with van der Waals surface area (Å²) >= 11 is 3.64. The minimum absolute atomic E-state index is 0.0628. The number of rotatable bonds is 2. The van der Waals surface area contributed by atoms with Crippen molar-refractivity contribution in [1.29, 1.82) is 0 Å². The van der Waals surface area contributed by atoms with Crippen LogP contribution in [-0.4, -0.2) is 24.2 Å². The lowest BCUT2D eigenvalue weighted by molar-refractivity contribution is 0.0577. The molecule has 1 fully saturated rings. The second-order valence-corrected chi connectivity index (χ2v) is 5.15. The van der Waals surface area contributed by atoms with Gasteiger partial charge in [-0.25, -0.2) is 0 Å². The summed E-state index contributed by atoms with van der Waals surface area (Å²) in [5, 5.41) is 2.06. The van der Waals surface area contributed by atoms with Gasteiger partial charge in [-0.2, -0.15) is 11.8 Å². The fourth-order valence-electron chi connectivity index (χ4n) is 1.38. The van der Waals surface area contributed by atoms with E-state index in [1.807, 2.05) is 17.8 Å². The van der Waals surface area contributed by atoms with Gasteiger partial charge in [0.05, 0.1) is 18.8 Å². The molecule has 0 aliphatic carbocycles. The van der Waals surface area contributed by atoms with Gasteiger partial charge >= 0.3 is 0 Å². The predicted octanol–water partition coefficient (Wildman–Crippen LogP) is 1.88. The van der Waals surface area contributed by atoms with Crippen LogP contribution in [0.3, 0.4) is 0 Å². The molecule has 1 aromatic heterocycles. The summed E-state index contributed by atoms with van der Waals surface area (Å²) in [6.45, 7) is 0.842. The molecule has 2 heterocycles. The van der Waals surface area contributed by atoms with E-state index >= 15 is 0 Å². The van der Waals surface area contributed by atoms with Crippen molar-refractivity contribution in [3.8, 4) is 0 Å². The molecule has 0 radical (unpaired) electrons. The van der Waals surface area contributed by atoms with Crippen LogP contribution >= 0.6 is 23.1 Å². The summed E-state index contributed by atoms with van der Waals surface area (Å²) in [7, 11) is 0. The first kappa shape index (κ1) is 9.52. The van der Waals surface area contributed by atoms with E-state index < -0.39 is 0 Å². The summed E-state index contributed by atoms with van der Waals surface area (Å²) < 4.78 is 5.62. The first-order valence-corrected chi connectivity index (χ1v) is 6.39. The first-order valence-electron chi connectivity index (χ1n) is 4.36. The molecule has 72 valence electrons. The number of thiophene rings is 1. The molecule has 2 nitrogen and oxygen atoms in total. The fraction of sp³-hybridized carbons (Fsp3) is 0.556. The Morgan fingerprint density at radius 1 is 1.62 bits per heavy atom. The van der Waals surface area contributed by atoms with E-state index in [4.69, 9.17) is 10.5 Å². The highest BCUT2D eigenvalue weighted by atomic mass is 32.2. The van der Waals surface area contributed by atoms with Crippen LogP contribution in [0, 0.1) is 0 Å². The van der Waals surface area contributed by atoms with Crippen molar-refractivity contribution in [2.75, 3.05) is 18.1 Å². The van der Waals surface area contributed by atoms with E-state index in [0.29, 0.717) is 0 Å². The molecule has 2 atom stereocenters. The standard InChI is InChI=1S/C9H13NOS2/c10-9(8-2-1-4-13-8)7-6-12-5-3-11-7/h1-2,4,7,9H,3,5-6,10H2. The average Bonchev–Trinajstić information content (AvgIpc) is 2.71.